The zero-order chi connectivity index (χ0) is 14.5. The topological polar surface area (TPSA) is 99.3 Å². The number of methoxy groups -OCH3 is 1. The van der Waals surface area contributed by atoms with Gasteiger partial charge in [0.1, 0.15) is 0 Å². The molecule has 0 radical (unpaired) electrons. The zero-order valence-electron chi connectivity index (χ0n) is 11.5. The number of ether oxygens (including phenoxy) is 1. The van der Waals surface area contributed by atoms with E-state index in [0.29, 0.717) is 23.7 Å². The fraction of sp³-hybridized carbons (Fsp3) is 0.200. The van der Waals surface area contributed by atoms with Crippen LogP contribution in [0.3, 0.4) is 0 Å². The van der Waals surface area contributed by atoms with Crippen molar-refractivity contribution in [2.24, 2.45) is 0 Å². The van der Waals surface area contributed by atoms with E-state index in [1.54, 1.807) is 19.2 Å². The standard InChI is InChI=1S/C15H20N4O/c1-20-7-6-19-11-3-5-15(18)13(9-11)12-8-10(16)2-4-14(12)17/h2-5,8-9,19H,6-7,16-18H2,1H3. The van der Waals surface area contributed by atoms with Crippen molar-refractivity contribution < 1.29 is 4.74 Å². The molecule has 0 atom stereocenters. The third-order valence-electron chi connectivity index (χ3n) is 3.06. The summed E-state index contributed by atoms with van der Waals surface area (Å²) < 4.78 is 5.01. The van der Waals surface area contributed by atoms with Crippen LogP contribution in [-0.4, -0.2) is 20.3 Å². The van der Waals surface area contributed by atoms with Gasteiger partial charge in [-0.1, -0.05) is 0 Å². The van der Waals surface area contributed by atoms with Crippen molar-refractivity contribution in [3.8, 4) is 11.1 Å². The van der Waals surface area contributed by atoms with Gasteiger partial charge in [-0.25, -0.2) is 0 Å². The van der Waals surface area contributed by atoms with Crippen LogP contribution in [0.5, 0.6) is 0 Å². The van der Waals surface area contributed by atoms with E-state index in [9.17, 15) is 0 Å². The first-order chi connectivity index (χ1) is 9.61. The van der Waals surface area contributed by atoms with Crippen molar-refractivity contribution in [3.63, 3.8) is 0 Å². The summed E-state index contributed by atoms with van der Waals surface area (Å²) in [5.41, 5.74) is 22.5. The van der Waals surface area contributed by atoms with Crippen molar-refractivity contribution in [3.05, 3.63) is 36.4 Å². The Labute approximate surface area is 118 Å². The summed E-state index contributed by atoms with van der Waals surface area (Å²) in [6, 6.07) is 11.1. The first kappa shape index (κ1) is 14.0. The third kappa shape index (κ3) is 3.13. The molecule has 0 amide bonds. The minimum absolute atomic E-state index is 0.639. The maximum Gasteiger partial charge on any atom is 0.0635 e. The van der Waals surface area contributed by atoms with E-state index in [1.165, 1.54) is 0 Å². The van der Waals surface area contributed by atoms with Gasteiger partial charge in [0, 0.05) is 47.5 Å². The van der Waals surface area contributed by atoms with Crippen LogP contribution in [0.1, 0.15) is 0 Å². The largest absolute Gasteiger partial charge is 0.399 e. The second-order valence-corrected chi connectivity index (χ2v) is 4.57. The lowest BCUT2D eigenvalue weighted by Crippen LogP contribution is -2.07. The Bertz CT molecular complexity index is 598. The lowest BCUT2D eigenvalue weighted by atomic mass is 10.0. The molecule has 0 heterocycles. The lowest BCUT2D eigenvalue weighted by molar-refractivity contribution is 0.211. The Morgan fingerprint density at radius 2 is 1.60 bits per heavy atom. The van der Waals surface area contributed by atoms with Crippen molar-refractivity contribution in [1.29, 1.82) is 0 Å². The fourth-order valence-corrected chi connectivity index (χ4v) is 2.00. The van der Waals surface area contributed by atoms with Gasteiger partial charge in [-0.3, -0.25) is 0 Å². The first-order valence-corrected chi connectivity index (χ1v) is 6.39. The summed E-state index contributed by atoms with van der Waals surface area (Å²) in [5.74, 6) is 0. The Balaban J connectivity index is 2.35. The zero-order valence-corrected chi connectivity index (χ0v) is 11.5. The average Bonchev–Trinajstić information content (AvgIpc) is 2.44. The van der Waals surface area contributed by atoms with Gasteiger partial charge in [0.15, 0.2) is 0 Å². The van der Waals surface area contributed by atoms with Gasteiger partial charge in [0.25, 0.3) is 0 Å². The van der Waals surface area contributed by atoms with Crippen LogP contribution in [0.25, 0.3) is 11.1 Å². The van der Waals surface area contributed by atoms with E-state index >= 15 is 0 Å². The first-order valence-electron chi connectivity index (χ1n) is 6.39. The average molecular weight is 272 g/mol. The molecule has 0 spiro atoms. The molecule has 106 valence electrons. The number of rotatable bonds is 5. The molecule has 5 nitrogen and oxygen atoms in total. The van der Waals surface area contributed by atoms with E-state index in [4.69, 9.17) is 21.9 Å². The Hall–Kier alpha value is -2.40. The second kappa shape index (κ2) is 6.16. The summed E-state index contributed by atoms with van der Waals surface area (Å²) >= 11 is 0. The van der Waals surface area contributed by atoms with Crippen molar-refractivity contribution >= 4 is 22.7 Å². The van der Waals surface area contributed by atoms with Crippen LogP contribution in [0.4, 0.5) is 22.7 Å². The number of nitrogens with two attached hydrogens (primary N) is 3. The number of anilines is 4. The third-order valence-corrected chi connectivity index (χ3v) is 3.06. The number of nitrogen functional groups attached to an aromatic ring is 3. The predicted octanol–water partition coefficient (Wildman–Crippen LogP) is 2.16. The molecule has 0 saturated heterocycles. The Morgan fingerprint density at radius 3 is 2.30 bits per heavy atom. The molecule has 0 aliphatic carbocycles. The van der Waals surface area contributed by atoms with Crippen molar-refractivity contribution in [2.75, 3.05) is 42.8 Å². The minimum atomic E-state index is 0.639. The van der Waals surface area contributed by atoms with Crippen LogP contribution in [0, 0.1) is 0 Å². The van der Waals surface area contributed by atoms with Gasteiger partial charge in [0.2, 0.25) is 0 Å². The molecular formula is C15H20N4O. The van der Waals surface area contributed by atoms with Gasteiger partial charge < -0.3 is 27.3 Å². The van der Waals surface area contributed by atoms with Crippen LogP contribution in [0.2, 0.25) is 0 Å². The molecule has 0 fully saturated rings. The molecular weight excluding hydrogens is 252 g/mol. The number of nitrogens with one attached hydrogen (secondary N) is 1. The van der Waals surface area contributed by atoms with Gasteiger partial charge in [-0.05, 0) is 36.4 Å². The van der Waals surface area contributed by atoms with Gasteiger partial charge in [-0.2, -0.15) is 0 Å². The molecule has 5 heteroatoms. The predicted molar refractivity (Wildman–Crippen MR) is 85.5 cm³/mol. The van der Waals surface area contributed by atoms with Crippen LogP contribution in [-0.2, 0) is 4.74 Å². The minimum Gasteiger partial charge on any atom is -0.399 e. The quantitative estimate of drug-likeness (QED) is 0.494. The monoisotopic (exact) mass is 272 g/mol. The van der Waals surface area contributed by atoms with Gasteiger partial charge in [-0.15, -0.1) is 0 Å². The van der Waals surface area contributed by atoms with Crippen LogP contribution >= 0.6 is 0 Å². The maximum absolute atomic E-state index is 6.05. The van der Waals surface area contributed by atoms with Gasteiger partial charge >= 0.3 is 0 Å². The maximum atomic E-state index is 6.05. The molecule has 2 rings (SSSR count). The Kier molecular flexibility index (Phi) is 4.32. The molecule has 0 bridgehead atoms. The fourth-order valence-electron chi connectivity index (χ4n) is 2.00. The van der Waals surface area contributed by atoms with Crippen LogP contribution in [0.15, 0.2) is 36.4 Å². The van der Waals surface area contributed by atoms with E-state index in [0.717, 1.165) is 23.4 Å². The number of benzene rings is 2. The summed E-state index contributed by atoms with van der Waals surface area (Å²) in [5, 5.41) is 3.26. The normalized spacial score (nSPS) is 10.4. The molecule has 0 unspecified atom stereocenters. The Morgan fingerprint density at radius 1 is 0.950 bits per heavy atom. The van der Waals surface area contributed by atoms with E-state index < -0.39 is 0 Å². The molecule has 7 N–H and O–H groups in total. The molecule has 0 aromatic heterocycles. The molecule has 0 aliphatic heterocycles. The highest BCUT2D eigenvalue weighted by Crippen LogP contribution is 2.34. The highest BCUT2D eigenvalue weighted by molar-refractivity contribution is 5.87. The van der Waals surface area contributed by atoms with E-state index in [1.807, 2.05) is 24.3 Å². The van der Waals surface area contributed by atoms with Crippen LogP contribution < -0.4 is 22.5 Å². The summed E-state index contributed by atoms with van der Waals surface area (Å²) in [4.78, 5) is 0. The smallest absolute Gasteiger partial charge is 0.0635 e. The van der Waals surface area contributed by atoms with E-state index in [2.05, 4.69) is 5.32 Å². The second-order valence-electron chi connectivity index (χ2n) is 4.57. The van der Waals surface area contributed by atoms with Crippen molar-refractivity contribution in [1.82, 2.24) is 0 Å². The molecule has 2 aromatic rings. The number of hydrogen-bond acceptors (Lipinski definition) is 5. The molecule has 20 heavy (non-hydrogen) atoms. The highest BCUT2D eigenvalue weighted by Gasteiger charge is 2.08. The van der Waals surface area contributed by atoms with Gasteiger partial charge in [0.05, 0.1) is 6.61 Å². The highest BCUT2D eigenvalue weighted by atomic mass is 16.5. The summed E-state index contributed by atoms with van der Waals surface area (Å²) in [6.07, 6.45) is 0. The van der Waals surface area contributed by atoms with E-state index in [-0.39, 0.29) is 0 Å². The molecule has 2 aromatic carbocycles. The summed E-state index contributed by atoms with van der Waals surface area (Å²) in [6.45, 7) is 1.37. The summed E-state index contributed by atoms with van der Waals surface area (Å²) in [7, 11) is 1.67. The molecule has 0 aliphatic rings. The molecule has 0 saturated carbocycles. The number of hydrogen-bond donors (Lipinski definition) is 4. The SMILES string of the molecule is COCCNc1ccc(N)c(-c2cc(N)ccc2N)c1. The van der Waals surface area contributed by atoms with Crippen molar-refractivity contribution in [2.45, 2.75) is 0 Å². The lowest BCUT2D eigenvalue weighted by Gasteiger charge is -2.13.